The van der Waals surface area contributed by atoms with E-state index in [1.54, 1.807) is 0 Å². The zero-order valence-electron chi connectivity index (χ0n) is 8.91. The molecule has 2 aromatic rings. The van der Waals surface area contributed by atoms with Crippen molar-refractivity contribution in [1.82, 2.24) is 0 Å². The second kappa shape index (κ2) is 3.92. The van der Waals surface area contributed by atoms with E-state index in [0.29, 0.717) is 0 Å². The quantitative estimate of drug-likeness (QED) is 0.642. The predicted molar refractivity (Wildman–Crippen MR) is 61.2 cm³/mol. The highest BCUT2D eigenvalue weighted by molar-refractivity contribution is 6.10. The molecule has 0 unspecified atom stereocenters. The number of aromatic carboxylic acids is 2. The molecule has 4 N–H and O–H groups in total. The Hall–Kier alpha value is -2.76. The molecule has 6 nitrogen and oxygen atoms in total. The molecule has 0 aromatic heterocycles. The first-order chi connectivity index (χ1) is 8.43. The average Bonchev–Trinajstić information content (AvgIpc) is 2.27. The minimum Gasteiger partial charge on any atom is -0.507 e. The highest BCUT2D eigenvalue weighted by atomic mass is 16.4. The maximum absolute atomic E-state index is 11.0. The fraction of sp³-hybridized carbons (Fsp3) is 0. The Bertz CT molecular complexity index is 674. The molecule has 0 bridgehead atoms. The molecule has 0 radical (unpaired) electrons. The zero-order chi connectivity index (χ0) is 13.4. The molecule has 0 saturated heterocycles. The third kappa shape index (κ3) is 1.60. The lowest BCUT2D eigenvalue weighted by Crippen LogP contribution is -2.01. The van der Waals surface area contributed by atoms with Crippen LogP contribution in [0, 0.1) is 0 Å². The molecule has 92 valence electrons. The van der Waals surface area contributed by atoms with E-state index in [9.17, 15) is 19.8 Å². The number of fused-ring (bicyclic) bond motifs is 1. The number of hydrogen-bond acceptors (Lipinski definition) is 4. The van der Waals surface area contributed by atoms with Crippen molar-refractivity contribution in [2.75, 3.05) is 0 Å². The van der Waals surface area contributed by atoms with E-state index < -0.39 is 29.0 Å². The normalized spacial score (nSPS) is 10.4. The highest BCUT2D eigenvalue weighted by Crippen LogP contribution is 2.36. The van der Waals surface area contributed by atoms with Gasteiger partial charge in [-0.1, -0.05) is 12.1 Å². The van der Waals surface area contributed by atoms with Crippen molar-refractivity contribution in [3.63, 3.8) is 0 Å². The Balaban J connectivity index is 2.94. The van der Waals surface area contributed by atoms with E-state index in [2.05, 4.69) is 0 Å². The molecule has 18 heavy (non-hydrogen) atoms. The van der Waals surface area contributed by atoms with Gasteiger partial charge in [0.15, 0.2) is 0 Å². The molecule has 0 spiro atoms. The third-order valence-corrected chi connectivity index (χ3v) is 2.58. The lowest BCUT2D eigenvalue weighted by Gasteiger charge is -2.09. The first-order valence-electron chi connectivity index (χ1n) is 4.87. The van der Waals surface area contributed by atoms with Crippen molar-refractivity contribution in [2.45, 2.75) is 0 Å². The lowest BCUT2D eigenvalue weighted by molar-refractivity contribution is 0.0684. The molecule has 2 aromatic carbocycles. The number of hydrogen-bond donors (Lipinski definition) is 4. The van der Waals surface area contributed by atoms with Crippen molar-refractivity contribution in [2.24, 2.45) is 0 Å². The minimum absolute atomic E-state index is 0.0603. The molecular weight excluding hydrogens is 240 g/mol. The van der Waals surface area contributed by atoms with Crippen LogP contribution in [0.5, 0.6) is 11.5 Å². The summed E-state index contributed by atoms with van der Waals surface area (Å²) in [7, 11) is 0. The molecule has 6 heteroatoms. The van der Waals surface area contributed by atoms with Gasteiger partial charge in [0.05, 0.1) is 5.56 Å². The Morgan fingerprint density at radius 3 is 2.17 bits per heavy atom. The summed E-state index contributed by atoms with van der Waals surface area (Å²) in [6.07, 6.45) is 0. The van der Waals surface area contributed by atoms with Crippen LogP contribution in [0.1, 0.15) is 20.7 Å². The fourth-order valence-corrected chi connectivity index (χ4v) is 1.79. The summed E-state index contributed by atoms with van der Waals surface area (Å²) >= 11 is 0. The zero-order valence-corrected chi connectivity index (χ0v) is 8.91. The van der Waals surface area contributed by atoms with Crippen LogP contribution in [0.3, 0.4) is 0 Å². The number of phenols is 2. The average molecular weight is 248 g/mol. The van der Waals surface area contributed by atoms with Gasteiger partial charge in [0, 0.05) is 10.8 Å². The molecule has 2 rings (SSSR count). The van der Waals surface area contributed by atoms with Crippen LogP contribution >= 0.6 is 0 Å². The van der Waals surface area contributed by atoms with Gasteiger partial charge in [-0.05, 0) is 12.1 Å². The van der Waals surface area contributed by atoms with Crippen LogP contribution in [-0.2, 0) is 0 Å². The van der Waals surface area contributed by atoms with Gasteiger partial charge < -0.3 is 20.4 Å². The standard InChI is InChI=1S/C12H8O6/c13-8-4-7-5(10(14)9(8)12(17)18)2-1-3-6(7)11(15)16/h1-4,13-14H,(H,15,16)(H,17,18). The summed E-state index contributed by atoms with van der Waals surface area (Å²) in [6, 6.07) is 5.07. The van der Waals surface area contributed by atoms with Crippen LogP contribution in [0.4, 0.5) is 0 Å². The minimum atomic E-state index is -1.49. The number of aromatic hydroxyl groups is 2. The second-order valence-electron chi connectivity index (χ2n) is 3.63. The first-order valence-corrected chi connectivity index (χ1v) is 4.87. The lowest BCUT2D eigenvalue weighted by atomic mass is 10.00. The molecule has 0 atom stereocenters. The second-order valence-corrected chi connectivity index (χ2v) is 3.63. The molecule has 0 heterocycles. The van der Waals surface area contributed by atoms with Gasteiger partial charge in [-0.15, -0.1) is 0 Å². The SMILES string of the molecule is O=C(O)c1c(O)cc2c(C(=O)O)cccc2c1O. The summed E-state index contributed by atoms with van der Waals surface area (Å²) in [5, 5.41) is 37.3. The van der Waals surface area contributed by atoms with Gasteiger partial charge in [0.2, 0.25) is 0 Å². The van der Waals surface area contributed by atoms with Crippen LogP contribution in [0.2, 0.25) is 0 Å². The van der Waals surface area contributed by atoms with Gasteiger partial charge in [0.1, 0.15) is 17.1 Å². The van der Waals surface area contributed by atoms with Gasteiger partial charge in [-0.25, -0.2) is 9.59 Å². The fourth-order valence-electron chi connectivity index (χ4n) is 1.79. The van der Waals surface area contributed by atoms with Gasteiger partial charge in [-0.2, -0.15) is 0 Å². The molecular formula is C12H8O6. The van der Waals surface area contributed by atoms with E-state index in [-0.39, 0.29) is 16.3 Å². The van der Waals surface area contributed by atoms with E-state index >= 15 is 0 Å². The Morgan fingerprint density at radius 1 is 0.944 bits per heavy atom. The Morgan fingerprint density at radius 2 is 1.61 bits per heavy atom. The monoisotopic (exact) mass is 248 g/mol. The van der Waals surface area contributed by atoms with E-state index in [0.717, 1.165) is 6.07 Å². The third-order valence-electron chi connectivity index (χ3n) is 2.58. The van der Waals surface area contributed by atoms with Gasteiger partial charge >= 0.3 is 11.9 Å². The number of benzene rings is 2. The number of carboxylic acid groups (broad SMARTS) is 2. The van der Waals surface area contributed by atoms with Crippen LogP contribution in [0.25, 0.3) is 10.8 Å². The molecule has 0 saturated carbocycles. The topological polar surface area (TPSA) is 115 Å². The smallest absolute Gasteiger partial charge is 0.343 e. The first kappa shape index (κ1) is 11.7. The van der Waals surface area contributed by atoms with Gasteiger partial charge in [-0.3, -0.25) is 0 Å². The van der Waals surface area contributed by atoms with Gasteiger partial charge in [0.25, 0.3) is 0 Å². The maximum atomic E-state index is 11.0. The van der Waals surface area contributed by atoms with Crippen molar-refractivity contribution in [3.05, 3.63) is 35.4 Å². The Kier molecular flexibility index (Phi) is 2.55. The van der Waals surface area contributed by atoms with E-state index in [1.165, 1.54) is 18.2 Å². The van der Waals surface area contributed by atoms with Crippen LogP contribution < -0.4 is 0 Å². The van der Waals surface area contributed by atoms with Crippen molar-refractivity contribution < 1.29 is 30.0 Å². The molecule has 0 amide bonds. The van der Waals surface area contributed by atoms with Crippen molar-refractivity contribution in [3.8, 4) is 11.5 Å². The number of rotatable bonds is 2. The van der Waals surface area contributed by atoms with E-state index in [1.807, 2.05) is 0 Å². The maximum Gasteiger partial charge on any atom is 0.343 e. The predicted octanol–water partition coefficient (Wildman–Crippen LogP) is 1.65. The summed E-state index contributed by atoms with van der Waals surface area (Å²) in [6.45, 7) is 0. The summed E-state index contributed by atoms with van der Waals surface area (Å²) in [5.74, 6) is -4.06. The number of carboxylic acids is 2. The molecule has 0 fully saturated rings. The van der Waals surface area contributed by atoms with Crippen molar-refractivity contribution in [1.29, 1.82) is 0 Å². The molecule has 0 aliphatic carbocycles. The molecule has 0 aliphatic rings. The van der Waals surface area contributed by atoms with Crippen LogP contribution in [-0.4, -0.2) is 32.4 Å². The summed E-state index contributed by atoms with van der Waals surface area (Å²) in [5.41, 5.74) is -0.778. The number of carbonyl (C=O) groups is 2. The summed E-state index contributed by atoms with van der Waals surface area (Å²) in [4.78, 5) is 21.8. The van der Waals surface area contributed by atoms with Crippen LogP contribution in [0.15, 0.2) is 24.3 Å². The Labute approximate surface area is 100 Å². The summed E-state index contributed by atoms with van der Waals surface area (Å²) < 4.78 is 0. The van der Waals surface area contributed by atoms with Crippen molar-refractivity contribution >= 4 is 22.7 Å². The van der Waals surface area contributed by atoms with E-state index in [4.69, 9.17) is 10.2 Å². The largest absolute Gasteiger partial charge is 0.507 e. The molecule has 0 aliphatic heterocycles. The highest BCUT2D eigenvalue weighted by Gasteiger charge is 2.20.